The van der Waals surface area contributed by atoms with Gasteiger partial charge in [0.1, 0.15) is 6.07 Å². The van der Waals surface area contributed by atoms with Gasteiger partial charge in [0.05, 0.1) is 17.7 Å². The number of aliphatic hydroxyl groups is 1. The molecule has 1 aliphatic rings. The molecule has 4 nitrogen and oxygen atoms in total. The van der Waals surface area contributed by atoms with Gasteiger partial charge in [0.25, 0.3) is 0 Å². The van der Waals surface area contributed by atoms with Gasteiger partial charge in [-0.3, -0.25) is 4.90 Å². The largest absolute Gasteiger partial charge is 0.395 e. The summed E-state index contributed by atoms with van der Waals surface area (Å²) in [6.45, 7) is 1.95. The molecule has 1 aliphatic heterocycles. The lowest BCUT2D eigenvalue weighted by atomic mass is 10.0. The Morgan fingerprint density at radius 2 is 2.25 bits per heavy atom. The first-order valence-electron chi connectivity index (χ1n) is 7.17. The third kappa shape index (κ3) is 2.31. The van der Waals surface area contributed by atoms with E-state index in [4.69, 9.17) is 0 Å². The summed E-state index contributed by atoms with van der Waals surface area (Å²) in [4.78, 5) is 2.30. The summed E-state index contributed by atoms with van der Waals surface area (Å²) < 4.78 is 2.01. The second kappa shape index (κ2) is 5.66. The number of aromatic nitrogens is 1. The summed E-state index contributed by atoms with van der Waals surface area (Å²) >= 11 is 0. The predicted octanol–water partition coefficient (Wildman–Crippen LogP) is 2.16. The van der Waals surface area contributed by atoms with E-state index in [0.29, 0.717) is 0 Å². The first-order chi connectivity index (χ1) is 9.83. The van der Waals surface area contributed by atoms with Crippen LogP contribution >= 0.6 is 0 Å². The van der Waals surface area contributed by atoms with E-state index in [1.165, 1.54) is 12.8 Å². The predicted molar refractivity (Wildman–Crippen MR) is 77.2 cm³/mol. The highest BCUT2D eigenvalue weighted by Gasteiger charge is 2.23. The SMILES string of the molecule is N#Cc1c(CN2CCCCC2CO)cn2ccccc12. The van der Waals surface area contributed by atoms with Gasteiger partial charge in [0, 0.05) is 30.5 Å². The number of likely N-dealkylation sites (tertiary alicyclic amines) is 1. The minimum Gasteiger partial charge on any atom is -0.395 e. The number of nitriles is 1. The third-order valence-electron chi connectivity index (χ3n) is 4.21. The summed E-state index contributed by atoms with van der Waals surface area (Å²) in [5.41, 5.74) is 2.77. The van der Waals surface area contributed by atoms with Gasteiger partial charge in [0.15, 0.2) is 0 Å². The Balaban J connectivity index is 1.92. The Kier molecular flexibility index (Phi) is 3.72. The van der Waals surface area contributed by atoms with E-state index in [9.17, 15) is 10.4 Å². The number of hydrogen-bond donors (Lipinski definition) is 1. The van der Waals surface area contributed by atoms with E-state index >= 15 is 0 Å². The van der Waals surface area contributed by atoms with Crippen LogP contribution in [-0.2, 0) is 6.54 Å². The standard InChI is InChI=1S/C16H19N3O/c17-9-15-13(11-19-8-4-2-6-16(15)19)10-18-7-3-1-5-14(18)12-20/h2,4,6,8,11,14,20H,1,3,5,7,10,12H2. The normalized spacial score (nSPS) is 20.1. The molecule has 2 aromatic heterocycles. The lowest BCUT2D eigenvalue weighted by Gasteiger charge is -2.34. The maximum absolute atomic E-state index is 9.49. The molecule has 1 saturated heterocycles. The molecule has 3 rings (SSSR count). The number of piperidine rings is 1. The molecule has 0 saturated carbocycles. The lowest BCUT2D eigenvalue weighted by molar-refractivity contribution is 0.0841. The van der Waals surface area contributed by atoms with Crippen LogP contribution in [0.25, 0.3) is 5.52 Å². The number of aliphatic hydroxyl groups excluding tert-OH is 1. The van der Waals surface area contributed by atoms with Gasteiger partial charge in [-0.15, -0.1) is 0 Å². The maximum atomic E-state index is 9.49. The number of nitrogens with zero attached hydrogens (tertiary/aromatic N) is 3. The van der Waals surface area contributed by atoms with E-state index in [0.717, 1.165) is 36.2 Å². The minimum absolute atomic E-state index is 0.204. The molecule has 20 heavy (non-hydrogen) atoms. The van der Waals surface area contributed by atoms with E-state index in [1.807, 2.05) is 35.0 Å². The minimum atomic E-state index is 0.204. The van der Waals surface area contributed by atoms with Crippen molar-refractivity contribution in [3.05, 3.63) is 41.7 Å². The Hall–Kier alpha value is -1.83. The molecule has 1 N–H and O–H groups in total. The van der Waals surface area contributed by atoms with Crippen LogP contribution < -0.4 is 0 Å². The fraction of sp³-hybridized carbons (Fsp3) is 0.438. The zero-order valence-electron chi connectivity index (χ0n) is 11.5. The number of hydrogen-bond acceptors (Lipinski definition) is 3. The highest BCUT2D eigenvalue weighted by molar-refractivity contribution is 5.65. The fourth-order valence-electron chi connectivity index (χ4n) is 3.12. The zero-order chi connectivity index (χ0) is 13.9. The van der Waals surface area contributed by atoms with Crippen LogP contribution in [0.3, 0.4) is 0 Å². The van der Waals surface area contributed by atoms with E-state index in [-0.39, 0.29) is 12.6 Å². The van der Waals surface area contributed by atoms with Crippen molar-refractivity contribution in [1.82, 2.24) is 9.30 Å². The van der Waals surface area contributed by atoms with Crippen molar-refractivity contribution in [1.29, 1.82) is 5.26 Å². The van der Waals surface area contributed by atoms with Crippen LogP contribution in [0.2, 0.25) is 0 Å². The molecule has 3 heterocycles. The van der Waals surface area contributed by atoms with E-state index in [1.54, 1.807) is 0 Å². The zero-order valence-corrected chi connectivity index (χ0v) is 11.5. The van der Waals surface area contributed by atoms with Gasteiger partial charge in [-0.2, -0.15) is 5.26 Å². The van der Waals surface area contributed by atoms with Gasteiger partial charge in [-0.05, 0) is 31.5 Å². The van der Waals surface area contributed by atoms with Crippen LogP contribution in [0.1, 0.15) is 30.4 Å². The quantitative estimate of drug-likeness (QED) is 0.929. The van der Waals surface area contributed by atoms with Gasteiger partial charge in [0.2, 0.25) is 0 Å². The van der Waals surface area contributed by atoms with Crippen LogP contribution in [0, 0.1) is 11.3 Å². The summed E-state index contributed by atoms with van der Waals surface area (Å²) in [7, 11) is 0. The van der Waals surface area contributed by atoms with Crippen LogP contribution in [-0.4, -0.2) is 33.6 Å². The van der Waals surface area contributed by atoms with Crippen molar-refractivity contribution in [3.63, 3.8) is 0 Å². The Morgan fingerprint density at radius 1 is 1.35 bits per heavy atom. The molecule has 1 fully saturated rings. The van der Waals surface area contributed by atoms with Crippen LogP contribution in [0.5, 0.6) is 0 Å². The van der Waals surface area contributed by atoms with E-state index < -0.39 is 0 Å². The van der Waals surface area contributed by atoms with Gasteiger partial charge in [-0.25, -0.2) is 0 Å². The topological polar surface area (TPSA) is 51.7 Å². The van der Waals surface area contributed by atoms with Crippen molar-refractivity contribution in [2.45, 2.75) is 31.8 Å². The van der Waals surface area contributed by atoms with Crippen molar-refractivity contribution >= 4 is 5.52 Å². The highest BCUT2D eigenvalue weighted by atomic mass is 16.3. The second-order valence-corrected chi connectivity index (χ2v) is 5.44. The third-order valence-corrected chi connectivity index (χ3v) is 4.21. The molecule has 1 atom stereocenters. The van der Waals surface area contributed by atoms with Crippen LogP contribution in [0.4, 0.5) is 0 Å². The molecule has 104 valence electrons. The lowest BCUT2D eigenvalue weighted by Crippen LogP contribution is -2.41. The molecular formula is C16H19N3O. The van der Waals surface area contributed by atoms with Crippen LogP contribution in [0.15, 0.2) is 30.6 Å². The highest BCUT2D eigenvalue weighted by Crippen LogP contribution is 2.23. The summed E-state index contributed by atoms with van der Waals surface area (Å²) in [6, 6.07) is 8.46. The molecule has 0 aliphatic carbocycles. The number of rotatable bonds is 3. The molecule has 0 aromatic carbocycles. The summed E-state index contributed by atoms with van der Waals surface area (Å²) in [5, 5.41) is 18.9. The van der Waals surface area contributed by atoms with Gasteiger partial charge < -0.3 is 9.51 Å². The molecule has 0 radical (unpaired) electrons. The molecule has 1 unspecified atom stereocenters. The van der Waals surface area contributed by atoms with Crippen molar-refractivity contribution < 1.29 is 5.11 Å². The first kappa shape index (κ1) is 13.2. The average molecular weight is 269 g/mol. The first-order valence-corrected chi connectivity index (χ1v) is 7.17. The Labute approximate surface area is 118 Å². The number of pyridine rings is 1. The maximum Gasteiger partial charge on any atom is 0.102 e. The summed E-state index contributed by atoms with van der Waals surface area (Å²) in [5.74, 6) is 0. The monoisotopic (exact) mass is 269 g/mol. The second-order valence-electron chi connectivity index (χ2n) is 5.44. The molecular weight excluding hydrogens is 250 g/mol. The van der Waals surface area contributed by atoms with Gasteiger partial charge in [-0.1, -0.05) is 12.5 Å². The van der Waals surface area contributed by atoms with Crippen molar-refractivity contribution in [2.75, 3.05) is 13.2 Å². The van der Waals surface area contributed by atoms with Crippen molar-refractivity contribution in [2.24, 2.45) is 0 Å². The molecule has 0 spiro atoms. The molecule has 2 aromatic rings. The number of fused-ring (bicyclic) bond motifs is 1. The smallest absolute Gasteiger partial charge is 0.102 e. The fourth-order valence-corrected chi connectivity index (χ4v) is 3.12. The van der Waals surface area contributed by atoms with Gasteiger partial charge >= 0.3 is 0 Å². The average Bonchev–Trinajstić information content (AvgIpc) is 2.85. The molecule has 4 heteroatoms. The summed E-state index contributed by atoms with van der Waals surface area (Å²) in [6.07, 6.45) is 7.42. The molecule has 0 bridgehead atoms. The Bertz CT molecular complexity index is 641. The Morgan fingerprint density at radius 3 is 3.05 bits per heavy atom. The van der Waals surface area contributed by atoms with Crippen molar-refractivity contribution in [3.8, 4) is 6.07 Å². The van der Waals surface area contributed by atoms with E-state index in [2.05, 4.69) is 11.0 Å². The molecule has 0 amide bonds.